The number of nitrogens with one attached hydrogen (secondary N) is 1. The molecule has 2 aromatic heterocycles. The van der Waals surface area contributed by atoms with Gasteiger partial charge in [-0.05, 0) is 49.7 Å². The highest BCUT2D eigenvalue weighted by Crippen LogP contribution is 2.28. The molecule has 0 saturated carbocycles. The number of hydrogen-bond acceptors (Lipinski definition) is 9. The lowest BCUT2D eigenvalue weighted by Gasteiger charge is -2.13. The van der Waals surface area contributed by atoms with Crippen LogP contribution in [0.5, 0.6) is 5.75 Å². The van der Waals surface area contributed by atoms with Crippen molar-refractivity contribution in [3.05, 3.63) is 65.6 Å². The van der Waals surface area contributed by atoms with E-state index in [1.165, 1.54) is 19.2 Å². The number of carbonyl (C=O) groups is 1. The molecule has 1 unspecified atom stereocenters. The second kappa shape index (κ2) is 12.0. The largest absolute Gasteiger partial charge is 0.481 e. The first-order valence-electron chi connectivity index (χ1n) is 12.3. The van der Waals surface area contributed by atoms with Crippen LogP contribution in [0.15, 0.2) is 51.5 Å². The second-order valence-corrected chi connectivity index (χ2v) is 9.13. The molecular weight excluding hydrogens is 493 g/mol. The van der Waals surface area contributed by atoms with E-state index in [-0.39, 0.29) is 29.2 Å². The molecule has 0 spiro atoms. The Morgan fingerprint density at radius 3 is 2.21 bits per heavy atom. The fourth-order valence-electron chi connectivity index (χ4n) is 3.66. The van der Waals surface area contributed by atoms with Gasteiger partial charge in [0.2, 0.25) is 17.5 Å². The first-order chi connectivity index (χ1) is 18.3. The van der Waals surface area contributed by atoms with Gasteiger partial charge < -0.3 is 23.8 Å². The van der Waals surface area contributed by atoms with Crippen LogP contribution in [0.2, 0.25) is 0 Å². The number of rotatable bonds is 11. The van der Waals surface area contributed by atoms with Gasteiger partial charge >= 0.3 is 0 Å². The number of ether oxygens (including phenoxy) is 2. The van der Waals surface area contributed by atoms with Crippen molar-refractivity contribution in [2.24, 2.45) is 0 Å². The maximum absolute atomic E-state index is 14.7. The van der Waals surface area contributed by atoms with Crippen molar-refractivity contribution >= 4 is 5.91 Å². The predicted octanol–water partition coefficient (Wildman–Crippen LogP) is 5.34. The van der Waals surface area contributed by atoms with Crippen molar-refractivity contribution in [2.75, 3.05) is 13.7 Å². The first kappa shape index (κ1) is 26.9. The molecule has 0 aliphatic rings. The van der Waals surface area contributed by atoms with Crippen molar-refractivity contribution in [1.29, 1.82) is 0 Å². The lowest BCUT2D eigenvalue weighted by Crippen LogP contribution is -2.36. The summed E-state index contributed by atoms with van der Waals surface area (Å²) in [5, 5.41) is 10.7. The van der Waals surface area contributed by atoms with E-state index in [0.717, 1.165) is 5.56 Å². The summed E-state index contributed by atoms with van der Waals surface area (Å²) in [6.45, 7) is 7.98. The normalized spacial score (nSPS) is 12.9. The number of amides is 1. The molecule has 0 aliphatic carbocycles. The zero-order chi connectivity index (χ0) is 27.2. The number of carbonyl (C=O) groups excluding carboxylic acids is 1. The van der Waals surface area contributed by atoms with E-state index in [1.54, 1.807) is 25.1 Å². The number of aromatic nitrogens is 4. The Kier molecular flexibility index (Phi) is 8.47. The van der Waals surface area contributed by atoms with Crippen LogP contribution in [0.4, 0.5) is 4.39 Å². The predicted molar refractivity (Wildman–Crippen MR) is 136 cm³/mol. The Morgan fingerprint density at radius 1 is 0.974 bits per heavy atom. The molecule has 38 heavy (non-hydrogen) atoms. The number of halogens is 1. The average Bonchev–Trinajstić information content (AvgIpc) is 3.58. The van der Waals surface area contributed by atoms with Gasteiger partial charge in [0, 0.05) is 30.2 Å². The third-order valence-corrected chi connectivity index (χ3v) is 5.68. The molecule has 0 saturated heterocycles. The van der Waals surface area contributed by atoms with E-state index in [4.69, 9.17) is 18.5 Å². The van der Waals surface area contributed by atoms with Crippen molar-refractivity contribution in [1.82, 2.24) is 25.6 Å². The van der Waals surface area contributed by atoms with E-state index >= 15 is 0 Å². The van der Waals surface area contributed by atoms with Crippen LogP contribution in [-0.4, -0.2) is 45.9 Å². The molecule has 10 nitrogen and oxygen atoms in total. The topological polar surface area (TPSA) is 125 Å². The number of hydrogen-bond donors (Lipinski definition) is 1. The van der Waals surface area contributed by atoms with Gasteiger partial charge in [0.1, 0.15) is 11.6 Å². The van der Waals surface area contributed by atoms with Gasteiger partial charge in [-0.25, -0.2) is 4.39 Å². The quantitative estimate of drug-likeness (QED) is 0.277. The van der Waals surface area contributed by atoms with Crippen LogP contribution in [0.25, 0.3) is 22.8 Å². The van der Waals surface area contributed by atoms with Gasteiger partial charge in [0.15, 0.2) is 6.10 Å². The summed E-state index contributed by atoms with van der Waals surface area (Å²) < 4.78 is 36.5. The van der Waals surface area contributed by atoms with Crippen molar-refractivity contribution in [3.63, 3.8) is 0 Å². The van der Waals surface area contributed by atoms with Gasteiger partial charge in [-0.2, -0.15) is 9.97 Å². The fourth-order valence-corrected chi connectivity index (χ4v) is 3.66. The van der Waals surface area contributed by atoms with Crippen molar-refractivity contribution in [3.8, 4) is 28.5 Å². The first-order valence-corrected chi connectivity index (χ1v) is 12.3. The standard InChI is InChI=1S/C27H30FN5O5/c1-6-22(36-19-10-7-17(8-11-19)23-30-26(15(2)3)37-32-23)27-31-24(33-38-27)18-9-12-20(21(28)13-18)25(34)29-16(4)14-35-5/h7-13,15-16,22H,6,14H2,1-5H3,(H,29,34)/t16-,22?/m1/s1. The van der Waals surface area contributed by atoms with E-state index in [2.05, 4.69) is 25.6 Å². The Bertz CT molecular complexity index is 1370. The van der Waals surface area contributed by atoms with E-state index in [1.807, 2.05) is 32.9 Å². The molecule has 0 aliphatic heterocycles. The molecule has 4 aromatic rings. The number of nitrogens with zero attached hydrogens (tertiary/aromatic N) is 4. The Balaban J connectivity index is 1.44. The summed E-state index contributed by atoms with van der Waals surface area (Å²) in [6, 6.07) is 11.2. The third-order valence-electron chi connectivity index (χ3n) is 5.68. The van der Waals surface area contributed by atoms with Gasteiger partial charge in [0.25, 0.3) is 11.8 Å². The lowest BCUT2D eigenvalue weighted by molar-refractivity contribution is 0.0901. The molecule has 4 rings (SSSR count). The summed E-state index contributed by atoms with van der Waals surface area (Å²) in [4.78, 5) is 21.2. The smallest absolute Gasteiger partial charge is 0.268 e. The highest BCUT2D eigenvalue weighted by atomic mass is 19.1. The fraction of sp³-hybridized carbons (Fsp3) is 0.370. The molecule has 0 radical (unpaired) electrons. The van der Waals surface area contributed by atoms with Crippen LogP contribution < -0.4 is 10.1 Å². The molecule has 1 amide bonds. The summed E-state index contributed by atoms with van der Waals surface area (Å²) >= 11 is 0. The van der Waals surface area contributed by atoms with Crippen LogP contribution in [0.1, 0.15) is 68.3 Å². The zero-order valence-electron chi connectivity index (χ0n) is 21.9. The van der Waals surface area contributed by atoms with Crippen molar-refractivity contribution < 1.29 is 27.7 Å². The third kappa shape index (κ3) is 6.23. The summed E-state index contributed by atoms with van der Waals surface area (Å²) in [6.07, 6.45) is 0.0380. The van der Waals surface area contributed by atoms with Crippen LogP contribution in [0, 0.1) is 5.82 Å². The van der Waals surface area contributed by atoms with Gasteiger partial charge in [-0.1, -0.05) is 37.2 Å². The molecule has 200 valence electrons. The Hall–Kier alpha value is -4.12. The molecule has 2 aromatic carbocycles. The summed E-state index contributed by atoms with van der Waals surface area (Å²) in [7, 11) is 1.53. The van der Waals surface area contributed by atoms with E-state index < -0.39 is 17.8 Å². The SMILES string of the molecule is CCC(Oc1ccc(-c2noc(C(C)C)n2)cc1)c1nc(-c2ccc(C(=O)N[C@H](C)COC)c(F)c2)no1. The summed E-state index contributed by atoms with van der Waals surface area (Å²) in [5.74, 6) is 1.04. The molecule has 1 N–H and O–H groups in total. The lowest BCUT2D eigenvalue weighted by atomic mass is 10.1. The van der Waals surface area contributed by atoms with Crippen LogP contribution >= 0.6 is 0 Å². The molecule has 0 fully saturated rings. The zero-order valence-corrected chi connectivity index (χ0v) is 21.9. The monoisotopic (exact) mass is 523 g/mol. The number of methoxy groups -OCH3 is 1. The highest BCUT2D eigenvalue weighted by molar-refractivity contribution is 5.95. The number of benzene rings is 2. The minimum Gasteiger partial charge on any atom is -0.481 e. The second-order valence-electron chi connectivity index (χ2n) is 9.13. The summed E-state index contributed by atoms with van der Waals surface area (Å²) in [5.41, 5.74) is 1.09. The molecule has 11 heteroatoms. The van der Waals surface area contributed by atoms with E-state index in [0.29, 0.717) is 36.1 Å². The van der Waals surface area contributed by atoms with Crippen LogP contribution in [-0.2, 0) is 4.74 Å². The molecule has 2 heterocycles. The minimum atomic E-state index is -0.693. The molecule has 2 atom stereocenters. The maximum Gasteiger partial charge on any atom is 0.268 e. The molecule has 0 bridgehead atoms. The molecular formula is C27H30FN5O5. The van der Waals surface area contributed by atoms with Gasteiger partial charge in [-0.3, -0.25) is 4.79 Å². The highest BCUT2D eigenvalue weighted by Gasteiger charge is 2.22. The van der Waals surface area contributed by atoms with Crippen molar-refractivity contribution in [2.45, 2.75) is 52.2 Å². The Labute approximate surface area is 219 Å². The van der Waals surface area contributed by atoms with Gasteiger partial charge in [0.05, 0.1) is 12.2 Å². The van der Waals surface area contributed by atoms with Gasteiger partial charge in [-0.15, -0.1) is 0 Å². The Morgan fingerprint density at radius 2 is 1.61 bits per heavy atom. The maximum atomic E-state index is 14.7. The average molecular weight is 524 g/mol. The minimum absolute atomic E-state index is 0.0834. The van der Waals surface area contributed by atoms with E-state index in [9.17, 15) is 9.18 Å². The van der Waals surface area contributed by atoms with Crippen LogP contribution in [0.3, 0.4) is 0 Å².